The number of hydrogen-bond donors (Lipinski definition) is 1. The largest absolute Gasteiger partial charge is 0.493 e. The number of anilines is 1. The van der Waals surface area contributed by atoms with E-state index >= 15 is 0 Å². The molecule has 5 nitrogen and oxygen atoms in total. The molecule has 0 aliphatic heterocycles. The van der Waals surface area contributed by atoms with Gasteiger partial charge >= 0.3 is 0 Å². The molecular formula is C18H22N2O3. The fourth-order valence-electron chi connectivity index (χ4n) is 2.24. The first-order valence-electron chi connectivity index (χ1n) is 7.38. The van der Waals surface area contributed by atoms with E-state index in [0.717, 1.165) is 11.3 Å². The highest BCUT2D eigenvalue weighted by atomic mass is 16.5. The maximum atomic E-state index is 12.1. The lowest BCUT2D eigenvalue weighted by Crippen LogP contribution is -2.34. The number of nitrogens with zero attached hydrogens (tertiary/aromatic N) is 1. The van der Waals surface area contributed by atoms with E-state index in [1.807, 2.05) is 60.5 Å². The smallest absolute Gasteiger partial charge is 0.239 e. The number of nitrogens with one attached hydrogen (secondary N) is 1. The van der Waals surface area contributed by atoms with E-state index in [-0.39, 0.29) is 5.91 Å². The van der Waals surface area contributed by atoms with Crippen molar-refractivity contribution >= 4 is 11.6 Å². The molecule has 23 heavy (non-hydrogen) atoms. The average Bonchev–Trinajstić information content (AvgIpc) is 2.60. The number of carbonyl (C=O) groups is 1. The van der Waals surface area contributed by atoms with Gasteiger partial charge in [0.2, 0.25) is 5.91 Å². The summed E-state index contributed by atoms with van der Waals surface area (Å²) in [5.41, 5.74) is 1.96. The number of amides is 1. The molecule has 0 atom stereocenters. The van der Waals surface area contributed by atoms with E-state index in [1.165, 1.54) is 0 Å². The van der Waals surface area contributed by atoms with Crippen LogP contribution in [0.1, 0.15) is 5.56 Å². The summed E-state index contributed by atoms with van der Waals surface area (Å²) in [6.45, 7) is 0.749. The minimum absolute atomic E-state index is 0.0360. The maximum absolute atomic E-state index is 12.1. The third kappa shape index (κ3) is 4.64. The van der Waals surface area contributed by atoms with Gasteiger partial charge in [-0.25, -0.2) is 0 Å². The molecule has 5 heteroatoms. The van der Waals surface area contributed by atoms with Crippen LogP contribution in [0.3, 0.4) is 0 Å². The van der Waals surface area contributed by atoms with Crippen molar-refractivity contribution in [3.63, 3.8) is 0 Å². The van der Waals surface area contributed by atoms with Gasteiger partial charge in [0.1, 0.15) is 0 Å². The molecule has 0 aliphatic carbocycles. The van der Waals surface area contributed by atoms with E-state index in [1.54, 1.807) is 14.2 Å². The Hall–Kier alpha value is -2.69. The summed E-state index contributed by atoms with van der Waals surface area (Å²) >= 11 is 0. The molecule has 0 spiro atoms. The summed E-state index contributed by atoms with van der Waals surface area (Å²) in [4.78, 5) is 14.0. The second kappa shape index (κ2) is 8.08. The van der Waals surface area contributed by atoms with Crippen LogP contribution in [0.5, 0.6) is 11.5 Å². The zero-order valence-corrected chi connectivity index (χ0v) is 13.7. The molecule has 0 unspecified atom stereocenters. The average molecular weight is 314 g/mol. The van der Waals surface area contributed by atoms with Crippen LogP contribution in [0.4, 0.5) is 5.69 Å². The van der Waals surface area contributed by atoms with Crippen molar-refractivity contribution in [3.8, 4) is 11.5 Å². The molecule has 0 heterocycles. The second-order valence-corrected chi connectivity index (χ2v) is 5.16. The number of rotatable bonds is 7. The predicted molar refractivity (Wildman–Crippen MR) is 91.1 cm³/mol. The monoisotopic (exact) mass is 314 g/mol. The number of para-hydroxylation sites is 1. The molecule has 1 N–H and O–H groups in total. The van der Waals surface area contributed by atoms with Crippen molar-refractivity contribution in [1.82, 2.24) is 5.32 Å². The summed E-state index contributed by atoms with van der Waals surface area (Å²) in [6, 6.07) is 15.4. The van der Waals surface area contributed by atoms with Gasteiger partial charge in [0, 0.05) is 19.3 Å². The Balaban J connectivity index is 1.89. The number of hydrogen-bond acceptors (Lipinski definition) is 4. The molecule has 0 bridgehead atoms. The molecule has 1 amide bonds. The molecule has 0 aromatic heterocycles. The predicted octanol–water partition coefficient (Wildman–Crippen LogP) is 2.46. The van der Waals surface area contributed by atoms with Gasteiger partial charge in [-0.05, 0) is 29.8 Å². The van der Waals surface area contributed by atoms with Crippen LogP contribution >= 0.6 is 0 Å². The zero-order chi connectivity index (χ0) is 16.7. The molecule has 2 aromatic rings. The van der Waals surface area contributed by atoms with Gasteiger partial charge in [-0.2, -0.15) is 0 Å². The van der Waals surface area contributed by atoms with Gasteiger partial charge in [-0.15, -0.1) is 0 Å². The second-order valence-electron chi connectivity index (χ2n) is 5.16. The van der Waals surface area contributed by atoms with Gasteiger partial charge in [0.05, 0.1) is 20.8 Å². The lowest BCUT2D eigenvalue weighted by Gasteiger charge is -2.18. The van der Waals surface area contributed by atoms with Crippen LogP contribution in [-0.2, 0) is 11.3 Å². The van der Waals surface area contributed by atoms with Crippen molar-refractivity contribution in [2.75, 3.05) is 32.7 Å². The van der Waals surface area contributed by atoms with E-state index in [9.17, 15) is 4.79 Å². The Bertz CT molecular complexity index is 644. The summed E-state index contributed by atoms with van der Waals surface area (Å²) in [5, 5.41) is 2.91. The van der Waals surface area contributed by atoms with Crippen LogP contribution in [0.2, 0.25) is 0 Å². The normalized spacial score (nSPS) is 10.0. The Labute approximate surface area is 136 Å². The van der Waals surface area contributed by atoms with Crippen LogP contribution in [0, 0.1) is 0 Å². The molecule has 0 radical (unpaired) electrons. The topological polar surface area (TPSA) is 50.8 Å². The highest BCUT2D eigenvalue weighted by molar-refractivity contribution is 5.81. The zero-order valence-electron chi connectivity index (χ0n) is 13.7. The first kappa shape index (κ1) is 16.7. The van der Waals surface area contributed by atoms with Crippen LogP contribution < -0.4 is 19.7 Å². The van der Waals surface area contributed by atoms with Gasteiger partial charge in [0.15, 0.2) is 11.5 Å². The number of likely N-dealkylation sites (N-methyl/N-ethyl adjacent to an activating group) is 1. The van der Waals surface area contributed by atoms with Crippen molar-refractivity contribution in [2.24, 2.45) is 0 Å². The third-order valence-corrected chi connectivity index (χ3v) is 3.52. The lowest BCUT2D eigenvalue weighted by molar-refractivity contribution is -0.119. The fraction of sp³-hybridized carbons (Fsp3) is 0.278. The van der Waals surface area contributed by atoms with E-state index in [2.05, 4.69) is 5.32 Å². The van der Waals surface area contributed by atoms with Crippen LogP contribution in [0.15, 0.2) is 48.5 Å². The standard InChI is InChI=1S/C18H22N2O3/c1-20(15-7-5-4-6-8-15)13-18(21)19-12-14-9-10-16(22-2)17(11-14)23-3/h4-11H,12-13H2,1-3H3,(H,19,21). The Morgan fingerprint density at radius 3 is 2.39 bits per heavy atom. The van der Waals surface area contributed by atoms with E-state index in [0.29, 0.717) is 24.6 Å². The maximum Gasteiger partial charge on any atom is 0.239 e. The lowest BCUT2D eigenvalue weighted by atomic mass is 10.2. The fourth-order valence-corrected chi connectivity index (χ4v) is 2.24. The van der Waals surface area contributed by atoms with Gasteiger partial charge < -0.3 is 19.7 Å². The molecule has 0 saturated carbocycles. The van der Waals surface area contributed by atoms with Gasteiger partial charge in [-0.3, -0.25) is 4.79 Å². The highest BCUT2D eigenvalue weighted by Crippen LogP contribution is 2.27. The molecular weight excluding hydrogens is 292 g/mol. The molecule has 0 saturated heterocycles. The number of ether oxygens (including phenoxy) is 2. The molecule has 0 fully saturated rings. The van der Waals surface area contributed by atoms with Crippen molar-refractivity contribution in [3.05, 3.63) is 54.1 Å². The van der Waals surface area contributed by atoms with E-state index in [4.69, 9.17) is 9.47 Å². The highest BCUT2D eigenvalue weighted by Gasteiger charge is 2.08. The quantitative estimate of drug-likeness (QED) is 0.853. The third-order valence-electron chi connectivity index (χ3n) is 3.52. The summed E-state index contributed by atoms with van der Waals surface area (Å²) < 4.78 is 10.5. The minimum atomic E-state index is -0.0360. The van der Waals surface area contributed by atoms with Gasteiger partial charge in [-0.1, -0.05) is 24.3 Å². The van der Waals surface area contributed by atoms with Crippen molar-refractivity contribution in [2.45, 2.75) is 6.54 Å². The SMILES string of the molecule is COc1ccc(CNC(=O)CN(C)c2ccccc2)cc1OC. The summed E-state index contributed by atoms with van der Waals surface area (Å²) in [7, 11) is 5.08. The number of carbonyl (C=O) groups excluding carboxylic acids is 1. The Morgan fingerprint density at radius 1 is 1.04 bits per heavy atom. The van der Waals surface area contributed by atoms with Crippen molar-refractivity contribution < 1.29 is 14.3 Å². The number of benzene rings is 2. The minimum Gasteiger partial charge on any atom is -0.493 e. The molecule has 122 valence electrons. The Kier molecular flexibility index (Phi) is 5.86. The molecule has 2 rings (SSSR count). The van der Waals surface area contributed by atoms with Crippen LogP contribution in [-0.4, -0.2) is 33.7 Å². The first-order chi connectivity index (χ1) is 11.1. The first-order valence-corrected chi connectivity index (χ1v) is 7.38. The van der Waals surface area contributed by atoms with Crippen LogP contribution in [0.25, 0.3) is 0 Å². The number of methoxy groups -OCH3 is 2. The molecule has 0 aliphatic rings. The van der Waals surface area contributed by atoms with Gasteiger partial charge in [0.25, 0.3) is 0 Å². The van der Waals surface area contributed by atoms with E-state index < -0.39 is 0 Å². The molecule has 2 aromatic carbocycles. The Morgan fingerprint density at radius 2 is 1.74 bits per heavy atom. The summed E-state index contributed by atoms with van der Waals surface area (Å²) in [5.74, 6) is 1.29. The summed E-state index contributed by atoms with van der Waals surface area (Å²) in [6.07, 6.45) is 0. The van der Waals surface area contributed by atoms with Crippen molar-refractivity contribution in [1.29, 1.82) is 0 Å².